The Morgan fingerprint density at radius 3 is 2.64 bits per heavy atom. The Balaban J connectivity index is 1.68. The van der Waals surface area contributed by atoms with Crippen molar-refractivity contribution in [3.8, 4) is 5.75 Å². The number of likely N-dealkylation sites (tertiary alicyclic amines) is 1. The minimum Gasteiger partial charge on any atom is -0.497 e. The van der Waals surface area contributed by atoms with Crippen molar-refractivity contribution in [1.29, 1.82) is 0 Å². The van der Waals surface area contributed by atoms with Gasteiger partial charge in [0.05, 0.1) is 19.7 Å². The van der Waals surface area contributed by atoms with Gasteiger partial charge < -0.3 is 15.4 Å². The number of aliphatic imine (C=N–C) groups is 1. The third-order valence-electron chi connectivity index (χ3n) is 4.45. The van der Waals surface area contributed by atoms with E-state index < -0.39 is 0 Å². The maximum Gasteiger partial charge on any atom is 0.191 e. The minimum absolute atomic E-state index is 0.383. The van der Waals surface area contributed by atoms with Gasteiger partial charge in [-0.05, 0) is 50.6 Å². The van der Waals surface area contributed by atoms with E-state index in [1.54, 1.807) is 7.11 Å². The number of ether oxygens (including phenoxy) is 1. The molecule has 2 unspecified atom stereocenters. The molecule has 2 aliphatic rings. The normalized spacial score (nSPS) is 23.0. The summed E-state index contributed by atoms with van der Waals surface area (Å²) >= 11 is 0. The van der Waals surface area contributed by atoms with Crippen LogP contribution >= 0.6 is 0 Å². The molecular weight excluding hydrogens is 276 g/mol. The molecule has 5 heteroatoms. The van der Waals surface area contributed by atoms with Crippen LogP contribution in [0.1, 0.15) is 31.4 Å². The third kappa shape index (κ3) is 3.53. The van der Waals surface area contributed by atoms with E-state index in [-0.39, 0.29) is 0 Å². The highest BCUT2D eigenvalue weighted by molar-refractivity contribution is 5.81. The summed E-state index contributed by atoms with van der Waals surface area (Å²) in [7, 11) is 1.71. The van der Waals surface area contributed by atoms with Crippen LogP contribution in [0.25, 0.3) is 0 Å². The van der Waals surface area contributed by atoms with E-state index in [9.17, 15) is 0 Å². The quantitative estimate of drug-likeness (QED) is 0.870. The van der Waals surface area contributed by atoms with E-state index in [0.717, 1.165) is 24.8 Å². The molecule has 2 heterocycles. The molecule has 3 rings (SSSR count). The van der Waals surface area contributed by atoms with Gasteiger partial charge in [-0.2, -0.15) is 0 Å². The molecule has 2 aliphatic heterocycles. The Hall–Kier alpha value is -1.75. The average molecular weight is 302 g/mol. The number of nitrogens with zero attached hydrogens (tertiary/aromatic N) is 2. The fourth-order valence-corrected chi connectivity index (χ4v) is 3.19. The number of hydrogen-bond acceptors (Lipinski definition) is 5. The Morgan fingerprint density at radius 2 is 2.05 bits per heavy atom. The molecule has 22 heavy (non-hydrogen) atoms. The lowest BCUT2D eigenvalue weighted by Crippen LogP contribution is -2.42. The molecule has 0 saturated carbocycles. The van der Waals surface area contributed by atoms with Gasteiger partial charge in [-0.1, -0.05) is 12.1 Å². The van der Waals surface area contributed by atoms with Gasteiger partial charge in [0.25, 0.3) is 0 Å². The first-order valence-corrected chi connectivity index (χ1v) is 8.19. The summed E-state index contributed by atoms with van der Waals surface area (Å²) in [5.74, 6) is 1.85. The number of nitrogens with one attached hydrogen (secondary N) is 2. The van der Waals surface area contributed by atoms with E-state index in [4.69, 9.17) is 4.74 Å². The van der Waals surface area contributed by atoms with Crippen molar-refractivity contribution in [3.63, 3.8) is 0 Å². The fourth-order valence-electron chi connectivity index (χ4n) is 3.19. The summed E-state index contributed by atoms with van der Waals surface area (Å²) in [5, 5.41) is 6.85. The smallest absolute Gasteiger partial charge is 0.191 e. The molecule has 2 atom stereocenters. The van der Waals surface area contributed by atoms with Gasteiger partial charge in [-0.3, -0.25) is 9.89 Å². The topological polar surface area (TPSA) is 48.9 Å². The fraction of sp³-hybridized carbons (Fsp3) is 0.588. The van der Waals surface area contributed by atoms with E-state index >= 15 is 0 Å². The van der Waals surface area contributed by atoms with Gasteiger partial charge >= 0.3 is 0 Å². The number of hydrogen-bond donors (Lipinski definition) is 2. The zero-order valence-corrected chi connectivity index (χ0v) is 13.5. The standard InChI is InChI=1S/C17H26N4O/c1-13-11-18-17(20-13)19-12-16(21-9-3-4-10-21)14-5-7-15(22-2)8-6-14/h5-8,13,16H,3-4,9-12H2,1-2H3,(H2,18,19,20). The Morgan fingerprint density at radius 1 is 1.32 bits per heavy atom. The molecule has 1 aromatic rings. The number of benzene rings is 1. The molecule has 1 saturated heterocycles. The monoisotopic (exact) mass is 302 g/mol. The second-order valence-corrected chi connectivity index (χ2v) is 6.15. The van der Waals surface area contributed by atoms with Gasteiger partial charge in [-0.15, -0.1) is 0 Å². The number of rotatable bonds is 5. The van der Waals surface area contributed by atoms with Crippen molar-refractivity contribution in [2.45, 2.75) is 31.8 Å². The summed E-state index contributed by atoms with van der Waals surface area (Å²) in [5.41, 5.74) is 1.34. The summed E-state index contributed by atoms with van der Waals surface area (Å²) in [6.07, 6.45) is 2.59. The van der Waals surface area contributed by atoms with Crippen LogP contribution in [-0.4, -0.2) is 50.2 Å². The van der Waals surface area contributed by atoms with Crippen LogP contribution < -0.4 is 15.4 Å². The number of methoxy groups -OCH3 is 1. The van der Waals surface area contributed by atoms with Crippen LogP contribution in [0.4, 0.5) is 0 Å². The van der Waals surface area contributed by atoms with Crippen molar-refractivity contribution in [3.05, 3.63) is 29.8 Å². The zero-order chi connectivity index (χ0) is 15.4. The lowest BCUT2D eigenvalue weighted by Gasteiger charge is -2.28. The molecule has 0 amide bonds. The maximum atomic E-state index is 5.27. The molecule has 0 radical (unpaired) electrons. The first kappa shape index (κ1) is 15.2. The SMILES string of the molecule is COc1ccc(C(CNC2=NCC(C)N2)N2CCCC2)cc1. The van der Waals surface area contributed by atoms with Gasteiger partial charge in [0.15, 0.2) is 5.96 Å². The molecule has 120 valence electrons. The molecule has 0 aliphatic carbocycles. The molecule has 2 N–H and O–H groups in total. The van der Waals surface area contributed by atoms with Crippen LogP contribution in [0.15, 0.2) is 29.3 Å². The second kappa shape index (κ2) is 7.01. The Bertz CT molecular complexity index is 508. The third-order valence-corrected chi connectivity index (χ3v) is 4.45. The Kier molecular flexibility index (Phi) is 4.83. The van der Waals surface area contributed by atoms with Crippen LogP contribution in [0.5, 0.6) is 5.75 Å². The molecule has 0 bridgehead atoms. The number of guanidine groups is 1. The second-order valence-electron chi connectivity index (χ2n) is 6.15. The maximum absolute atomic E-state index is 5.27. The van der Waals surface area contributed by atoms with Crippen LogP contribution in [0.3, 0.4) is 0 Å². The molecule has 5 nitrogen and oxygen atoms in total. The molecular formula is C17H26N4O. The lowest BCUT2D eigenvalue weighted by atomic mass is 10.1. The van der Waals surface area contributed by atoms with Crippen LogP contribution in [0.2, 0.25) is 0 Å². The predicted molar refractivity (Wildman–Crippen MR) is 89.4 cm³/mol. The molecule has 1 fully saturated rings. The van der Waals surface area contributed by atoms with E-state index in [1.165, 1.54) is 31.5 Å². The van der Waals surface area contributed by atoms with E-state index in [1.807, 2.05) is 12.1 Å². The first-order valence-electron chi connectivity index (χ1n) is 8.19. The van der Waals surface area contributed by atoms with Crippen molar-refractivity contribution >= 4 is 5.96 Å². The summed E-state index contributed by atoms with van der Waals surface area (Å²) in [6, 6.07) is 9.27. The van der Waals surface area contributed by atoms with Crippen molar-refractivity contribution in [2.24, 2.45) is 4.99 Å². The van der Waals surface area contributed by atoms with Crippen LogP contribution in [-0.2, 0) is 0 Å². The van der Waals surface area contributed by atoms with Crippen molar-refractivity contribution in [2.75, 3.05) is 33.3 Å². The van der Waals surface area contributed by atoms with Crippen molar-refractivity contribution in [1.82, 2.24) is 15.5 Å². The van der Waals surface area contributed by atoms with Gasteiger partial charge in [-0.25, -0.2) is 0 Å². The van der Waals surface area contributed by atoms with E-state index in [0.29, 0.717) is 12.1 Å². The highest BCUT2D eigenvalue weighted by Crippen LogP contribution is 2.26. The lowest BCUT2D eigenvalue weighted by molar-refractivity contribution is 0.245. The summed E-state index contributed by atoms with van der Waals surface area (Å²) < 4.78 is 5.27. The van der Waals surface area contributed by atoms with Crippen LogP contribution in [0, 0.1) is 0 Å². The summed E-state index contributed by atoms with van der Waals surface area (Å²) in [4.78, 5) is 7.06. The zero-order valence-electron chi connectivity index (χ0n) is 13.5. The molecule has 0 aromatic heterocycles. The highest BCUT2D eigenvalue weighted by atomic mass is 16.5. The predicted octanol–water partition coefficient (Wildman–Crippen LogP) is 1.77. The van der Waals surface area contributed by atoms with E-state index in [2.05, 4.69) is 39.6 Å². The Labute approximate surface area is 132 Å². The molecule has 0 spiro atoms. The first-order chi connectivity index (χ1) is 10.8. The van der Waals surface area contributed by atoms with Gasteiger partial charge in [0.1, 0.15) is 5.75 Å². The highest BCUT2D eigenvalue weighted by Gasteiger charge is 2.24. The summed E-state index contributed by atoms with van der Waals surface area (Å²) in [6.45, 7) is 6.24. The largest absolute Gasteiger partial charge is 0.497 e. The van der Waals surface area contributed by atoms with Gasteiger partial charge in [0.2, 0.25) is 0 Å². The average Bonchev–Trinajstić information content (AvgIpc) is 3.20. The minimum atomic E-state index is 0.383. The molecule has 1 aromatic carbocycles. The van der Waals surface area contributed by atoms with Gasteiger partial charge in [0, 0.05) is 12.6 Å². The van der Waals surface area contributed by atoms with Crippen molar-refractivity contribution < 1.29 is 4.74 Å².